The standard InChI is InChI=1S/C22H24BrN5O2/c1-14-11-18-19(12-15(14)2)25-21(30-3)20(24-18)26-22(29)28-9-7-27(8-10-28)17-6-4-5-16(23)13-17/h4-6,11-13H,7-10H2,1-3H3,(H,24,26,29). The molecule has 0 bridgehead atoms. The number of anilines is 2. The van der Waals surface area contributed by atoms with Crippen molar-refractivity contribution in [1.82, 2.24) is 14.9 Å². The number of halogens is 1. The van der Waals surface area contributed by atoms with E-state index in [1.807, 2.05) is 38.1 Å². The van der Waals surface area contributed by atoms with Crippen LogP contribution in [-0.4, -0.2) is 54.2 Å². The van der Waals surface area contributed by atoms with E-state index in [1.165, 1.54) is 7.11 Å². The van der Waals surface area contributed by atoms with Gasteiger partial charge in [-0.25, -0.2) is 14.8 Å². The number of ether oxygens (including phenoxy) is 1. The third-order valence-electron chi connectivity index (χ3n) is 5.41. The summed E-state index contributed by atoms with van der Waals surface area (Å²) in [7, 11) is 1.53. The molecule has 4 rings (SSSR count). The van der Waals surface area contributed by atoms with Crippen molar-refractivity contribution in [1.29, 1.82) is 0 Å². The third-order valence-corrected chi connectivity index (χ3v) is 5.90. The van der Waals surface area contributed by atoms with Crippen molar-refractivity contribution >= 4 is 44.5 Å². The van der Waals surface area contributed by atoms with E-state index < -0.39 is 0 Å². The van der Waals surface area contributed by atoms with Crippen molar-refractivity contribution in [2.24, 2.45) is 0 Å². The maximum atomic E-state index is 12.9. The van der Waals surface area contributed by atoms with Gasteiger partial charge in [-0.15, -0.1) is 0 Å². The molecule has 1 aliphatic rings. The first-order chi connectivity index (χ1) is 14.4. The van der Waals surface area contributed by atoms with E-state index in [4.69, 9.17) is 4.74 Å². The molecular formula is C22H24BrN5O2. The molecule has 0 radical (unpaired) electrons. The molecule has 0 atom stereocenters. The molecule has 1 saturated heterocycles. The van der Waals surface area contributed by atoms with Crippen molar-refractivity contribution in [2.75, 3.05) is 43.5 Å². The molecule has 1 N–H and O–H groups in total. The Bertz CT molecular complexity index is 1100. The molecule has 0 saturated carbocycles. The van der Waals surface area contributed by atoms with E-state index >= 15 is 0 Å². The van der Waals surface area contributed by atoms with Gasteiger partial charge in [0, 0.05) is 36.3 Å². The zero-order chi connectivity index (χ0) is 21.3. The molecule has 2 heterocycles. The molecule has 30 heavy (non-hydrogen) atoms. The Morgan fingerprint density at radius 2 is 1.70 bits per heavy atom. The predicted octanol–water partition coefficient (Wildman–Crippen LogP) is 4.37. The fraction of sp³-hybridized carbons (Fsp3) is 0.318. The Hall–Kier alpha value is -2.87. The Balaban J connectivity index is 1.47. The van der Waals surface area contributed by atoms with Crippen LogP contribution < -0.4 is 15.0 Å². The number of benzene rings is 2. The zero-order valence-corrected chi connectivity index (χ0v) is 18.9. The van der Waals surface area contributed by atoms with Crippen LogP contribution in [0.3, 0.4) is 0 Å². The molecule has 7 nitrogen and oxygen atoms in total. The largest absolute Gasteiger partial charge is 0.478 e. The summed E-state index contributed by atoms with van der Waals surface area (Å²) in [6.45, 7) is 6.85. The number of carbonyl (C=O) groups excluding carboxylic acids is 1. The van der Waals surface area contributed by atoms with Gasteiger partial charge in [0.05, 0.1) is 18.1 Å². The molecule has 1 aliphatic heterocycles. The van der Waals surface area contributed by atoms with Crippen LogP contribution in [0, 0.1) is 13.8 Å². The summed E-state index contributed by atoms with van der Waals surface area (Å²) in [6.07, 6.45) is 0. The van der Waals surface area contributed by atoms with Crippen molar-refractivity contribution in [3.05, 3.63) is 52.0 Å². The van der Waals surface area contributed by atoms with Crippen molar-refractivity contribution in [3.8, 4) is 5.88 Å². The van der Waals surface area contributed by atoms with Gasteiger partial charge in [0.25, 0.3) is 5.88 Å². The van der Waals surface area contributed by atoms with Crippen LogP contribution >= 0.6 is 15.9 Å². The molecule has 156 valence electrons. The quantitative estimate of drug-likeness (QED) is 0.616. The normalized spacial score (nSPS) is 14.1. The van der Waals surface area contributed by atoms with Gasteiger partial charge >= 0.3 is 6.03 Å². The van der Waals surface area contributed by atoms with E-state index in [2.05, 4.69) is 48.2 Å². The maximum Gasteiger partial charge on any atom is 0.323 e. The average Bonchev–Trinajstić information content (AvgIpc) is 2.74. The first-order valence-electron chi connectivity index (χ1n) is 9.84. The van der Waals surface area contributed by atoms with E-state index in [0.29, 0.717) is 24.8 Å². The van der Waals surface area contributed by atoms with E-state index in [0.717, 1.165) is 45.4 Å². The lowest BCUT2D eigenvalue weighted by atomic mass is 10.1. The van der Waals surface area contributed by atoms with Crippen molar-refractivity contribution in [3.63, 3.8) is 0 Å². The number of hydrogen-bond donors (Lipinski definition) is 1. The van der Waals surface area contributed by atoms with Crippen LogP contribution in [-0.2, 0) is 0 Å². The number of carbonyl (C=O) groups is 1. The van der Waals surface area contributed by atoms with Gasteiger partial charge in [0.1, 0.15) is 0 Å². The topological polar surface area (TPSA) is 70.6 Å². The van der Waals surface area contributed by atoms with Crippen molar-refractivity contribution in [2.45, 2.75) is 13.8 Å². The summed E-state index contributed by atoms with van der Waals surface area (Å²) >= 11 is 3.51. The summed E-state index contributed by atoms with van der Waals surface area (Å²) in [5.41, 5.74) is 4.89. The van der Waals surface area contributed by atoms with E-state index in [-0.39, 0.29) is 6.03 Å². The average molecular weight is 470 g/mol. The van der Waals surface area contributed by atoms with Gasteiger partial charge in [-0.1, -0.05) is 22.0 Å². The van der Waals surface area contributed by atoms with Gasteiger partial charge < -0.3 is 14.5 Å². The van der Waals surface area contributed by atoms with Crippen LogP contribution in [0.2, 0.25) is 0 Å². The highest BCUT2D eigenvalue weighted by atomic mass is 79.9. The minimum atomic E-state index is -0.195. The van der Waals surface area contributed by atoms with E-state index in [9.17, 15) is 4.79 Å². The number of nitrogens with zero attached hydrogens (tertiary/aromatic N) is 4. The SMILES string of the molecule is COc1nc2cc(C)c(C)cc2nc1NC(=O)N1CCN(c2cccc(Br)c2)CC1. The highest BCUT2D eigenvalue weighted by molar-refractivity contribution is 9.10. The number of hydrogen-bond acceptors (Lipinski definition) is 5. The molecule has 0 aliphatic carbocycles. The van der Waals surface area contributed by atoms with Crippen molar-refractivity contribution < 1.29 is 9.53 Å². The Morgan fingerprint density at radius 1 is 1.03 bits per heavy atom. The second kappa shape index (κ2) is 8.47. The van der Waals surface area contributed by atoms with Gasteiger partial charge in [-0.3, -0.25) is 5.32 Å². The number of amides is 2. The zero-order valence-electron chi connectivity index (χ0n) is 17.3. The van der Waals surface area contributed by atoms with Crippen LogP contribution in [0.15, 0.2) is 40.9 Å². The maximum absolute atomic E-state index is 12.9. The minimum Gasteiger partial charge on any atom is -0.478 e. The summed E-state index contributed by atoms with van der Waals surface area (Å²) < 4.78 is 6.43. The first-order valence-corrected chi connectivity index (χ1v) is 10.6. The molecular weight excluding hydrogens is 446 g/mol. The molecule has 1 aromatic heterocycles. The number of urea groups is 1. The smallest absolute Gasteiger partial charge is 0.323 e. The number of aromatic nitrogens is 2. The van der Waals surface area contributed by atoms with Gasteiger partial charge in [-0.05, 0) is 55.3 Å². The third kappa shape index (κ3) is 4.18. The Labute approximate surface area is 184 Å². The number of rotatable bonds is 3. The highest BCUT2D eigenvalue weighted by Crippen LogP contribution is 2.26. The second-order valence-electron chi connectivity index (χ2n) is 7.39. The number of fused-ring (bicyclic) bond motifs is 1. The molecule has 8 heteroatoms. The molecule has 2 aromatic carbocycles. The number of nitrogens with one attached hydrogen (secondary N) is 1. The van der Waals surface area contributed by atoms with Gasteiger partial charge in [-0.2, -0.15) is 0 Å². The fourth-order valence-corrected chi connectivity index (χ4v) is 3.93. The Morgan fingerprint density at radius 3 is 2.33 bits per heavy atom. The van der Waals surface area contributed by atoms with Gasteiger partial charge in [0.2, 0.25) is 0 Å². The summed E-state index contributed by atoms with van der Waals surface area (Å²) in [4.78, 5) is 26.0. The second-order valence-corrected chi connectivity index (χ2v) is 8.31. The highest BCUT2D eigenvalue weighted by Gasteiger charge is 2.23. The number of aryl methyl sites for hydroxylation is 2. The summed E-state index contributed by atoms with van der Waals surface area (Å²) in [5, 5.41) is 2.88. The predicted molar refractivity (Wildman–Crippen MR) is 123 cm³/mol. The first kappa shape index (κ1) is 20.4. The number of piperazine rings is 1. The summed E-state index contributed by atoms with van der Waals surface area (Å²) in [6, 6.07) is 12.0. The minimum absolute atomic E-state index is 0.195. The lowest BCUT2D eigenvalue weighted by Gasteiger charge is -2.36. The summed E-state index contributed by atoms with van der Waals surface area (Å²) in [5.74, 6) is 0.652. The molecule has 2 amide bonds. The lowest BCUT2D eigenvalue weighted by molar-refractivity contribution is 0.208. The van der Waals surface area contributed by atoms with Gasteiger partial charge in [0.15, 0.2) is 5.82 Å². The monoisotopic (exact) mass is 469 g/mol. The number of methoxy groups -OCH3 is 1. The molecule has 3 aromatic rings. The van der Waals surface area contributed by atoms with Crippen LogP contribution in [0.1, 0.15) is 11.1 Å². The van der Waals surface area contributed by atoms with E-state index in [1.54, 1.807) is 4.90 Å². The lowest BCUT2D eigenvalue weighted by Crippen LogP contribution is -2.50. The van der Waals surface area contributed by atoms with Crippen LogP contribution in [0.5, 0.6) is 5.88 Å². The molecule has 0 spiro atoms. The molecule has 1 fully saturated rings. The van der Waals surface area contributed by atoms with Crippen LogP contribution in [0.25, 0.3) is 11.0 Å². The Kier molecular flexibility index (Phi) is 5.76. The van der Waals surface area contributed by atoms with Crippen LogP contribution in [0.4, 0.5) is 16.3 Å². The molecule has 0 unspecified atom stereocenters. The fourth-order valence-electron chi connectivity index (χ4n) is 3.54.